The Balaban J connectivity index is 2.33. The number of carbonyl (C=O) groups is 2. The number of carboxylic acid groups (broad SMARTS) is 2. The van der Waals surface area contributed by atoms with Crippen molar-refractivity contribution in [2.24, 2.45) is 0 Å². The van der Waals surface area contributed by atoms with Crippen molar-refractivity contribution in [3.05, 3.63) is 0 Å². The van der Waals surface area contributed by atoms with Crippen LogP contribution in [0.5, 0.6) is 0 Å². The van der Waals surface area contributed by atoms with E-state index < -0.39 is 11.9 Å². The molecule has 0 aliphatic carbocycles. The maximum Gasteiger partial charge on any atom is 0.313 e. The summed E-state index contributed by atoms with van der Waals surface area (Å²) in [6.45, 7) is 0. The third-order valence-electron chi connectivity index (χ3n) is 1.25. The molecule has 6 nitrogen and oxygen atoms in total. The number of thioether (sulfide) groups is 2. The highest BCUT2D eigenvalue weighted by Gasteiger charge is 2.08. The van der Waals surface area contributed by atoms with Gasteiger partial charge in [0.2, 0.25) is 5.16 Å². The summed E-state index contributed by atoms with van der Waals surface area (Å²) in [5, 5.41) is 17.3. The van der Waals surface area contributed by atoms with E-state index in [-0.39, 0.29) is 12.2 Å². The first-order valence-corrected chi connectivity index (χ1v) is 6.85. The average Bonchev–Trinajstić information content (AvgIpc) is 2.62. The predicted octanol–water partition coefficient (Wildman–Crippen LogP) is 1.28. The summed E-state index contributed by atoms with van der Waals surface area (Å²) in [6.07, 6.45) is 0.0713. The molecule has 2 N–H and O–H groups in total. The van der Waals surface area contributed by atoms with E-state index in [0.29, 0.717) is 15.2 Å². The molecule has 16 heavy (non-hydrogen) atoms. The molecule has 9 heteroatoms. The van der Waals surface area contributed by atoms with Crippen LogP contribution in [0.3, 0.4) is 0 Å². The van der Waals surface area contributed by atoms with Gasteiger partial charge in [0.15, 0.2) is 4.34 Å². The monoisotopic (exact) mass is 280 g/mol. The second-order valence-electron chi connectivity index (χ2n) is 2.52. The molecule has 1 rings (SSSR count). The molecule has 0 bridgehead atoms. The van der Waals surface area contributed by atoms with E-state index >= 15 is 0 Å². The summed E-state index contributed by atoms with van der Waals surface area (Å²) in [4.78, 5) is 24.6. The summed E-state index contributed by atoms with van der Waals surface area (Å²) in [6, 6.07) is 0. The Morgan fingerprint density at radius 1 is 1.25 bits per heavy atom. The van der Waals surface area contributed by atoms with Gasteiger partial charge in [-0.25, -0.2) is 4.98 Å². The van der Waals surface area contributed by atoms with E-state index in [0.717, 1.165) is 23.3 Å². The molecule has 0 unspecified atom stereocenters. The molecule has 1 aromatic heterocycles. The van der Waals surface area contributed by atoms with Gasteiger partial charge in [0.05, 0.1) is 12.2 Å². The molecule has 0 saturated heterocycles. The zero-order valence-electron chi connectivity index (χ0n) is 7.95. The summed E-state index contributed by atoms with van der Waals surface area (Å²) >= 11 is 3.50. The third-order valence-corrected chi connectivity index (χ3v) is 4.04. The molecule has 0 spiro atoms. The van der Waals surface area contributed by atoms with Gasteiger partial charge in [-0.1, -0.05) is 23.5 Å². The number of hydrogen-bond acceptors (Lipinski definition) is 7. The molecular weight excluding hydrogens is 272 g/mol. The Kier molecular flexibility index (Phi) is 5.56. The molecular formula is C7H8N2O4S3. The van der Waals surface area contributed by atoms with Crippen LogP contribution >= 0.6 is 35.1 Å². The van der Waals surface area contributed by atoms with Gasteiger partial charge in [-0.05, 0) is 11.5 Å². The zero-order valence-corrected chi connectivity index (χ0v) is 10.4. The molecule has 0 aliphatic heterocycles. The number of aromatic nitrogens is 2. The minimum absolute atomic E-state index is 0.0713. The lowest BCUT2D eigenvalue weighted by molar-refractivity contribution is -0.136. The molecule has 0 amide bonds. The second-order valence-corrected chi connectivity index (χ2v) is 5.55. The SMILES string of the molecule is O=C(O)CCSc1nc(SCC(=O)O)ns1. The van der Waals surface area contributed by atoms with Crippen LogP contribution in [0.15, 0.2) is 9.50 Å². The van der Waals surface area contributed by atoms with Crippen LogP contribution < -0.4 is 0 Å². The first-order chi connectivity index (χ1) is 7.58. The van der Waals surface area contributed by atoms with E-state index in [4.69, 9.17) is 10.2 Å². The van der Waals surface area contributed by atoms with Gasteiger partial charge in [0.1, 0.15) is 0 Å². The quantitative estimate of drug-likeness (QED) is 0.720. The average molecular weight is 280 g/mol. The minimum Gasteiger partial charge on any atom is -0.481 e. The molecule has 1 aromatic rings. The standard InChI is InChI=1S/C7H8N2O4S3/c10-4(11)1-2-14-7-8-6(9-16-7)15-3-5(12)13/h1-3H2,(H,10,11)(H,12,13). The molecule has 0 fully saturated rings. The maximum absolute atomic E-state index is 10.3. The molecule has 1 heterocycles. The molecule has 0 radical (unpaired) electrons. The van der Waals surface area contributed by atoms with Gasteiger partial charge < -0.3 is 10.2 Å². The highest BCUT2D eigenvalue weighted by atomic mass is 32.2. The first-order valence-electron chi connectivity index (χ1n) is 4.11. The number of carboxylic acids is 2. The van der Waals surface area contributed by atoms with Gasteiger partial charge in [-0.15, -0.1) is 0 Å². The van der Waals surface area contributed by atoms with Crippen molar-refractivity contribution in [2.45, 2.75) is 15.9 Å². The highest BCUT2D eigenvalue weighted by Crippen LogP contribution is 2.24. The molecule has 0 aliphatic rings. The summed E-state index contributed by atoms with van der Waals surface area (Å²) in [7, 11) is 0. The Bertz CT molecular complexity index is 381. The Hall–Kier alpha value is -0.800. The van der Waals surface area contributed by atoms with Gasteiger partial charge in [0.25, 0.3) is 0 Å². The van der Waals surface area contributed by atoms with E-state index in [1.54, 1.807) is 0 Å². The summed E-state index contributed by atoms with van der Waals surface area (Å²) in [5.74, 6) is -1.40. The number of nitrogens with zero attached hydrogens (tertiary/aromatic N) is 2. The van der Waals surface area contributed by atoms with Crippen molar-refractivity contribution in [2.75, 3.05) is 11.5 Å². The molecule has 0 atom stereocenters. The van der Waals surface area contributed by atoms with E-state index in [9.17, 15) is 9.59 Å². The first kappa shape index (κ1) is 13.3. The normalized spacial score (nSPS) is 10.2. The van der Waals surface area contributed by atoms with Crippen LogP contribution in [0, 0.1) is 0 Å². The van der Waals surface area contributed by atoms with Gasteiger partial charge in [-0.2, -0.15) is 4.37 Å². The lowest BCUT2D eigenvalue weighted by atomic mass is 10.5. The van der Waals surface area contributed by atoms with Gasteiger partial charge in [0, 0.05) is 5.75 Å². The van der Waals surface area contributed by atoms with E-state index in [1.807, 2.05) is 0 Å². The number of hydrogen-bond donors (Lipinski definition) is 2. The highest BCUT2D eigenvalue weighted by molar-refractivity contribution is 8.01. The Labute approximate surface area is 104 Å². The molecule has 88 valence electrons. The maximum atomic E-state index is 10.3. The van der Waals surface area contributed by atoms with Gasteiger partial charge in [-0.3, -0.25) is 9.59 Å². The molecule has 0 saturated carbocycles. The van der Waals surface area contributed by atoms with Crippen molar-refractivity contribution < 1.29 is 19.8 Å². The second kappa shape index (κ2) is 6.71. The lowest BCUT2D eigenvalue weighted by Crippen LogP contribution is -1.97. The van der Waals surface area contributed by atoms with Crippen LogP contribution in [-0.2, 0) is 9.59 Å². The topological polar surface area (TPSA) is 100 Å². The van der Waals surface area contributed by atoms with Crippen molar-refractivity contribution in [3.63, 3.8) is 0 Å². The third kappa shape index (κ3) is 5.33. The van der Waals surface area contributed by atoms with Crippen LogP contribution in [0.1, 0.15) is 6.42 Å². The van der Waals surface area contributed by atoms with Crippen molar-refractivity contribution >= 4 is 47.0 Å². The summed E-state index contributed by atoms with van der Waals surface area (Å²) < 4.78 is 4.61. The molecule has 0 aromatic carbocycles. The largest absolute Gasteiger partial charge is 0.481 e. The minimum atomic E-state index is -0.917. The Morgan fingerprint density at radius 2 is 2.00 bits per heavy atom. The fourth-order valence-electron chi connectivity index (χ4n) is 0.666. The van der Waals surface area contributed by atoms with Crippen LogP contribution in [0.2, 0.25) is 0 Å². The van der Waals surface area contributed by atoms with Crippen LogP contribution in [-0.4, -0.2) is 43.0 Å². The Morgan fingerprint density at radius 3 is 2.62 bits per heavy atom. The van der Waals surface area contributed by atoms with Crippen molar-refractivity contribution in [1.29, 1.82) is 0 Å². The van der Waals surface area contributed by atoms with Crippen molar-refractivity contribution in [3.8, 4) is 0 Å². The van der Waals surface area contributed by atoms with Gasteiger partial charge >= 0.3 is 11.9 Å². The van der Waals surface area contributed by atoms with Crippen LogP contribution in [0.25, 0.3) is 0 Å². The lowest BCUT2D eigenvalue weighted by Gasteiger charge is -1.92. The predicted molar refractivity (Wildman–Crippen MR) is 61.2 cm³/mol. The van der Waals surface area contributed by atoms with E-state index in [1.165, 1.54) is 11.8 Å². The summed E-state index contributed by atoms with van der Waals surface area (Å²) in [5.41, 5.74) is 0. The van der Waals surface area contributed by atoms with Crippen molar-refractivity contribution in [1.82, 2.24) is 9.36 Å². The fourth-order valence-corrected chi connectivity index (χ4v) is 3.01. The van der Waals surface area contributed by atoms with Crippen LogP contribution in [0.4, 0.5) is 0 Å². The van der Waals surface area contributed by atoms with E-state index in [2.05, 4.69) is 9.36 Å². The fraction of sp³-hybridized carbons (Fsp3) is 0.429. The number of rotatable bonds is 7. The smallest absolute Gasteiger partial charge is 0.313 e. The zero-order chi connectivity index (χ0) is 12.0. The number of aliphatic carboxylic acids is 2.